The Morgan fingerprint density at radius 1 is 1.30 bits per heavy atom. The Bertz CT molecular complexity index is 418. The van der Waals surface area contributed by atoms with E-state index < -0.39 is 0 Å². The zero-order valence-electron chi connectivity index (χ0n) is 12.5. The van der Waals surface area contributed by atoms with Gasteiger partial charge in [0.25, 0.3) is 0 Å². The number of carbonyl (C=O) groups is 1. The smallest absolute Gasteiger partial charge is 0.233 e. The number of carbonyl (C=O) groups excluding carboxylic acids is 1. The van der Waals surface area contributed by atoms with E-state index in [2.05, 4.69) is 13.8 Å². The van der Waals surface area contributed by atoms with E-state index in [1.165, 1.54) is 19.3 Å². The summed E-state index contributed by atoms with van der Waals surface area (Å²) in [6.45, 7) is 5.19. The molecule has 1 aromatic carbocycles. The largest absolute Gasteiger partial charge is 0.357 e. The van der Waals surface area contributed by atoms with Crippen molar-refractivity contribution in [2.75, 3.05) is 11.5 Å². The number of para-hydroxylation sites is 1. The van der Waals surface area contributed by atoms with E-state index in [-0.39, 0.29) is 12.1 Å². The minimum absolute atomic E-state index is 0.0689. The summed E-state index contributed by atoms with van der Waals surface area (Å²) in [5.41, 5.74) is 0.940. The molecular formula is C17H25NO2. The van der Waals surface area contributed by atoms with E-state index in [4.69, 9.17) is 4.74 Å². The van der Waals surface area contributed by atoms with E-state index in [0.717, 1.165) is 18.7 Å². The van der Waals surface area contributed by atoms with Gasteiger partial charge in [-0.3, -0.25) is 9.69 Å². The van der Waals surface area contributed by atoms with Crippen molar-refractivity contribution < 1.29 is 9.53 Å². The lowest BCUT2D eigenvalue weighted by Crippen LogP contribution is -2.54. The van der Waals surface area contributed by atoms with Crippen LogP contribution in [0.25, 0.3) is 0 Å². The molecule has 0 spiro atoms. The molecular weight excluding hydrogens is 250 g/mol. The molecule has 0 N–H and O–H groups in total. The van der Waals surface area contributed by atoms with Crippen LogP contribution in [0.5, 0.6) is 0 Å². The molecule has 110 valence electrons. The lowest BCUT2D eigenvalue weighted by Gasteiger charge is -2.40. The Hall–Kier alpha value is -1.35. The molecule has 1 heterocycles. The van der Waals surface area contributed by atoms with Gasteiger partial charge in [-0.1, -0.05) is 51.3 Å². The standard InChI is InChI=1S/C17H25NO2/c1-3-5-9-14(4-2)13-20-17-12-16(19)18(17)15-10-7-6-8-11-15/h6-8,10-11,14,17H,3-5,9,12-13H2,1-2H3. The number of amides is 1. The number of ether oxygens (including phenoxy) is 1. The highest BCUT2D eigenvalue weighted by atomic mass is 16.5. The summed E-state index contributed by atoms with van der Waals surface area (Å²) in [7, 11) is 0. The van der Waals surface area contributed by atoms with Crippen LogP contribution in [0, 0.1) is 5.92 Å². The third kappa shape index (κ3) is 3.60. The Morgan fingerprint density at radius 3 is 2.65 bits per heavy atom. The Kier molecular flexibility index (Phi) is 5.60. The van der Waals surface area contributed by atoms with Crippen molar-refractivity contribution in [2.45, 2.75) is 52.2 Å². The first-order valence-corrected chi connectivity index (χ1v) is 7.75. The topological polar surface area (TPSA) is 29.5 Å². The molecule has 0 saturated carbocycles. The second kappa shape index (κ2) is 7.44. The quantitative estimate of drug-likeness (QED) is 0.672. The molecule has 1 amide bonds. The number of anilines is 1. The summed E-state index contributed by atoms with van der Waals surface area (Å²) in [5, 5.41) is 0. The fraction of sp³-hybridized carbons (Fsp3) is 0.588. The van der Waals surface area contributed by atoms with Crippen LogP contribution in [0.4, 0.5) is 5.69 Å². The fourth-order valence-electron chi connectivity index (χ4n) is 2.56. The predicted molar refractivity (Wildman–Crippen MR) is 81.6 cm³/mol. The van der Waals surface area contributed by atoms with Crippen molar-refractivity contribution >= 4 is 11.6 Å². The average Bonchev–Trinajstić information content (AvgIpc) is 2.47. The first-order chi connectivity index (χ1) is 9.76. The van der Waals surface area contributed by atoms with Gasteiger partial charge in [0.2, 0.25) is 5.91 Å². The van der Waals surface area contributed by atoms with Crippen molar-refractivity contribution in [3.8, 4) is 0 Å². The van der Waals surface area contributed by atoms with E-state index in [0.29, 0.717) is 12.3 Å². The molecule has 0 aliphatic carbocycles. The van der Waals surface area contributed by atoms with Crippen LogP contribution in [0.1, 0.15) is 46.0 Å². The number of β-lactam (4-membered cyclic amide) rings is 1. The Labute approximate surface area is 121 Å². The third-order valence-corrected chi connectivity index (χ3v) is 4.01. The number of rotatable bonds is 8. The monoisotopic (exact) mass is 275 g/mol. The molecule has 2 unspecified atom stereocenters. The minimum atomic E-state index is -0.0689. The molecule has 1 aromatic rings. The van der Waals surface area contributed by atoms with Gasteiger partial charge in [-0.05, 0) is 24.5 Å². The van der Waals surface area contributed by atoms with E-state index >= 15 is 0 Å². The molecule has 1 fully saturated rings. The zero-order chi connectivity index (χ0) is 14.4. The molecule has 0 bridgehead atoms. The van der Waals surface area contributed by atoms with E-state index in [9.17, 15) is 4.79 Å². The van der Waals surface area contributed by atoms with Gasteiger partial charge in [0.05, 0.1) is 13.0 Å². The molecule has 1 aliphatic heterocycles. The maximum absolute atomic E-state index is 11.8. The Morgan fingerprint density at radius 2 is 2.05 bits per heavy atom. The van der Waals surface area contributed by atoms with Gasteiger partial charge in [-0.25, -0.2) is 0 Å². The predicted octanol–water partition coefficient (Wildman–Crippen LogP) is 3.98. The maximum atomic E-state index is 11.8. The summed E-state index contributed by atoms with van der Waals surface area (Å²) in [4.78, 5) is 13.5. The lowest BCUT2D eigenvalue weighted by atomic mass is 10.0. The van der Waals surface area contributed by atoms with Crippen molar-refractivity contribution in [3.05, 3.63) is 30.3 Å². The van der Waals surface area contributed by atoms with Crippen molar-refractivity contribution in [1.29, 1.82) is 0 Å². The molecule has 3 heteroatoms. The van der Waals surface area contributed by atoms with Crippen molar-refractivity contribution in [2.24, 2.45) is 5.92 Å². The number of nitrogens with zero attached hydrogens (tertiary/aromatic N) is 1. The summed E-state index contributed by atoms with van der Waals surface area (Å²) in [6, 6.07) is 9.78. The number of hydrogen-bond donors (Lipinski definition) is 0. The zero-order valence-corrected chi connectivity index (χ0v) is 12.5. The molecule has 2 rings (SSSR count). The molecule has 0 aromatic heterocycles. The fourth-order valence-corrected chi connectivity index (χ4v) is 2.56. The van der Waals surface area contributed by atoms with E-state index in [1.807, 2.05) is 30.3 Å². The van der Waals surface area contributed by atoms with E-state index in [1.54, 1.807) is 4.90 Å². The average molecular weight is 275 g/mol. The Balaban J connectivity index is 1.85. The maximum Gasteiger partial charge on any atom is 0.233 e. The van der Waals surface area contributed by atoms with Crippen LogP contribution in [0.3, 0.4) is 0 Å². The highest BCUT2D eigenvalue weighted by Gasteiger charge is 2.38. The van der Waals surface area contributed by atoms with Gasteiger partial charge in [0.1, 0.15) is 6.23 Å². The SMILES string of the molecule is CCCCC(CC)COC1CC(=O)N1c1ccccc1. The number of hydrogen-bond acceptors (Lipinski definition) is 2. The molecule has 1 aliphatic rings. The highest BCUT2D eigenvalue weighted by molar-refractivity contribution is 6.00. The first kappa shape index (κ1) is 15.0. The van der Waals surface area contributed by atoms with Crippen LogP contribution in [-0.4, -0.2) is 18.7 Å². The van der Waals surface area contributed by atoms with Gasteiger partial charge in [0.15, 0.2) is 0 Å². The first-order valence-electron chi connectivity index (χ1n) is 7.75. The number of benzene rings is 1. The van der Waals surface area contributed by atoms with Gasteiger partial charge < -0.3 is 4.74 Å². The molecule has 20 heavy (non-hydrogen) atoms. The minimum Gasteiger partial charge on any atom is -0.357 e. The summed E-state index contributed by atoms with van der Waals surface area (Å²) in [6.07, 6.45) is 5.30. The highest BCUT2D eigenvalue weighted by Crippen LogP contribution is 2.29. The summed E-state index contributed by atoms with van der Waals surface area (Å²) >= 11 is 0. The molecule has 2 atom stereocenters. The number of unbranched alkanes of at least 4 members (excludes halogenated alkanes) is 1. The second-order valence-corrected chi connectivity index (χ2v) is 5.51. The molecule has 1 saturated heterocycles. The van der Waals surface area contributed by atoms with Gasteiger partial charge in [-0.15, -0.1) is 0 Å². The van der Waals surface area contributed by atoms with Crippen molar-refractivity contribution in [3.63, 3.8) is 0 Å². The van der Waals surface area contributed by atoms with Gasteiger partial charge in [0, 0.05) is 5.69 Å². The van der Waals surface area contributed by atoms with Crippen LogP contribution in [0.15, 0.2) is 30.3 Å². The summed E-state index contributed by atoms with van der Waals surface area (Å²) in [5.74, 6) is 0.770. The van der Waals surface area contributed by atoms with Crippen LogP contribution < -0.4 is 4.90 Å². The van der Waals surface area contributed by atoms with Crippen molar-refractivity contribution in [1.82, 2.24) is 0 Å². The summed E-state index contributed by atoms with van der Waals surface area (Å²) < 4.78 is 5.97. The van der Waals surface area contributed by atoms with Crippen LogP contribution >= 0.6 is 0 Å². The van der Waals surface area contributed by atoms with Gasteiger partial charge >= 0.3 is 0 Å². The van der Waals surface area contributed by atoms with Gasteiger partial charge in [-0.2, -0.15) is 0 Å². The molecule has 3 nitrogen and oxygen atoms in total. The van der Waals surface area contributed by atoms with Crippen LogP contribution in [-0.2, 0) is 9.53 Å². The lowest BCUT2D eigenvalue weighted by molar-refractivity contribution is -0.134. The second-order valence-electron chi connectivity index (χ2n) is 5.51. The van der Waals surface area contributed by atoms with Crippen LogP contribution in [0.2, 0.25) is 0 Å². The normalized spacial score (nSPS) is 19.8. The third-order valence-electron chi connectivity index (χ3n) is 4.01. The molecule has 0 radical (unpaired) electrons.